The van der Waals surface area contributed by atoms with Gasteiger partial charge in [-0.1, -0.05) is 6.07 Å². The molecule has 4 nitrogen and oxygen atoms in total. The molecule has 0 bridgehead atoms. The molecule has 2 heterocycles. The maximum absolute atomic E-state index is 11.7. The number of nitrogens with zero attached hydrogens (tertiary/aromatic N) is 2. The fraction of sp³-hybridized carbons (Fsp3) is 0.167. The maximum Gasteiger partial charge on any atom is 0.200 e. The summed E-state index contributed by atoms with van der Waals surface area (Å²) in [4.78, 5) is 31.7. The van der Waals surface area contributed by atoms with Crippen LogP contribution in [0.1, 0.15) is 33.1 Å². The SMILES string of the molecule is O=C(CCC(=O)c1cccs1)c1ncccn1. The van der Waals surface area contributed by atoms with Crippen molar-refractivity contribution in [1.82, 2.24) is 9.97 Å². The first kappa shape index (κ1) is 11.6. The lowest BCUT2D eigenvalue weighted by molar-refractivity contribution is 0.0914. The summed E-state index contributed by atoms with van der Waals surface area (Å²) in [5.74, 6) is -0.0359. The van der Waals surface area contributed by atoms with Gasteiger partial charge in [-0.3, -0.25) is 9.59 Å². The summed E-state index contributed by atoms with van der Waals surface area (Å²) in [5.41, 5.74) is 0. The van der Waals surface area contributed by atoms with E-state index in [1.165, 1.54) is 23.7 Å². The Labute approximate surface area is 102 Å². The summed E-state index contributed by atoms with van der Waals surface area (Å²) in [5, 5.41) is 1.84. The molecule has 0 radical (unpaired) electrons. The normalized spacial score (nSPS) is 10.1. The number of hydrogen-bond acceptors (Lipinski definition) is 5. The summed E-state index contributed by atoms with van der Waals surface area (Å²) in [6.07, 6.45) is 3.39. The van der Waals surface area contributed by atoms with Gasteiger partial charge >= 0.3 is 0 Å². The van der Waals surface area contributed by atoms with Crippen LogP contribution in [0.4, 0.5) is 0 Å². The smallest absolute Gasteiger partial charge is 0.200 e. The van der Waals surface area contributed by atoms with Crippen molar-refractivity contribution in [2.75, 3.05) is 0 Å². The van der Waals surface area contributed by atoms with Crippen molar-refractivity contribution in [3.05, 3.63) is 46.7 Å². The molecule has 0 spiro atoms. The fourth-order valence-corrected chi connectivity index (χ4v) is 2.04. The number of Topliss-reactive ketones (excluding diaryl/α,β-unsaturated/α-hetero) is 2. The minimum atomic E-state index is -0.199. The third-order valence-corrected chi connectivity index (χ3v) is 3.10. The van der Waals surface area contributed by atoms with E-state index >= 15 is 0 Å². The third-order valence-electron chi connectivity index (χ3n) is 2.19. The first-order chi connectivity index (χ1) is 8.27. The second-order valence-corrected chi connectivity index (χ2v) is 4.34. The summed E-state index contributed by atoms with van der Waals surface area (Å²) in [7, 11) is 0. The van der Waals surface area contributed by atoms with Crippen molar-refractivity contribution in [1.29, 1.82) is 0 Å². The van der Waals surface area contributed by atoms with Crippen molar-refractivity contribution in [2.24, 2.45) is 0 Å². The molecule has 0 saturated heterocycles. The van der Waals surface area contributed by atoms with Crippen LogP contribution in [0.5, 0.6) is 0 Å². The Hall–Kier alpha value is -1.88. The second kappa shape index (κ2) is 5.45. The van der Waals surface area contributed by atoms with Gasteiger partial charge in [-0.05, 0) is 17.5 Å². The standard InChI is InChI=1S/C12H10N2O2S/c15-9(11-3-1-8-17-11)4-5-10(16)12-13-6-2-7-14-12/h1-3,6-8H,4-5H2. The Morgan fingerprint density at radius 3 is 2.41 bits per heavy atom. The van der Waals surface area contributed by atoms with Gasteiger partial charge in [0.25, 0.3) is 0 Å². The monoisotopic (exact) mass is 246 g/mol. The van der Waals surface area contributed by atoms with Crippen LogP contribution >= 0.6 is 11.3 Å². The Morgan fingerprint density at radius 2 is 1.76 bits per heavy atom. The number of thiophene rings is 1. The average Bonchev–Trinajstić information content (AvgIpc) is 2.90. The second-order valence-electron chi connectivity index (χ2n) is 3.40. The Morgan fingerprint density at radius 1 is 1.06 bits per heavy atom. The Kier molecular flexibility index (Phi) is 3.72. The molecule has 0 N–H and O–H groups in total. The molecule has 2 rings (SSSR count). The third kappa shape index (κ3) is 3.04. The topological polar surface area (TPSA) is 59.9 Å². The Bertz CT molecular complexity index is 509. The van der Waals surface area contributed by atoms with Gasteiger partial charge in [-0.15, -0.1) is 11.3 Å². The van der Waals surface area contributed by atoms with Crippen molar-refractivity contribution in [3.8, 4) is 0 Å². The predicted molar refractivity (Wildman–Crippen MR) is 64.2 cm³/mol. The van der Waals surface area contributed by atoms with Crippen molar-refractivity contribution < 1.29 is 9.59 Å². The number of hydrogen-bond donors (Lipinski definition) is 0. The fourth-order valence-electron chi connectivity index (χ4n) is 1.34. The number of rotatable bonds is 5. The van der Waals surface area contributed by atoms with Gasteiger partial charge in [0.15, 0.2) is 17.4 Å². The van der Waals surface area contributed by atoms with Gasteiger partial charge in [-0.25, -0.2) is 9.97 Å². The lowest BCUT2D eigenvalue weighted by Gasteiger charge is -1.98. The number of ketones is 2. The zero-order valence-electron chi connectivity index (χ0n) is 9.00. The highest BCUT2D eigenvalue weighted by Gasteiger charge is 2.12. The van der Waals surface area contributed by atoms with Crippen LogP contribution < -0.4 is 0 Å². The first-order valence-corrected chi connectivity index (χ1v) is 6.02. The van der Waals surface area contributed by atoms with Gasteiger partial charge in [0.2, 0.25) is 0 Å². The van der Waals surface area contributed by atoms with Crippen LogP contribution in [-0.4, -0.2) is 21.5 Å². The predicted octanol–water partition coefficient (Wildman–Crippen LogP) is 2.38. The highest BCUT2D eigenvalue weighted by Crippen LogP contribution is 2.13. The molecule has 0 aromatic carbocycles. The summed E-state index contributed by atoms with van der Waals surface area (Å²) >= 11 is 1.39. The van der Waals surface area contributed by atoms with E-state index in [-0.39, 0.29) is 30.2 Å². The Balaban J connectivity index is 1.91. The van der Waals surface area contributed by atoms with E-state index in [0.717, 1.165) is 0 Å². The quantitative estimate of drug-likeness (QED) is 0.760. The number of carbonyl (C=O) groups is 2. The van der Waals surface area contributed by atoms with Gasteiger partial charge in [0, 0.05) is 25.2 Å². The lowest BCUT2D eigenvalue weighted by Crippen LogP contribution is -2.07. The van der Waals surface area contributed by atoms with E-state index in [9.17, 15) is 9.59 Å². The van der Waals surface area contributed by atoms with Crippen LogP contribution in [0.3, 0.4) is 0 Å². The molecule has 0 aliphatic heterocycles. The van der Waals surface area contributed by atoms with Crippen LogP contribution in [0.25, 0.3) is 0 Å². The van der Waals surface area contributed by atoms with Crippen molar-refractivity contribution in [2.45, 2.75) is 12.8 Å². The highest BCUT2D eigenvalue weighted by atomic mass is 32.1. The van der Waals surface area contributed by atoms with Crippen LogP contribution in [-0.2, 0) is 0 Å². The zero-order chi connectivity index (χ0) is 12.1. The molecule has 2 aromatic heterocycles. The van der Waals surface area contributed by atoms with Gasteiger partial charge in [-0.2, -0.15) is 0 Å². The molecular formula is C12H10N2O2S. The van der Waals surface area contributed by atoms with E-state index in [4.69, 9.17) is 0 Å². The molecular weight excluding hydrogens is 236 g/mol. The molecule has 0 fully saturated rings. The average molecular weight is 246 g/mol. The number of aromatic nitrogens is 2. The first-order valence-electron chi connectivity index (χ1n) is 5.14. The van der Waals surface area contributed by atoms with E-state index < -0.39 is 0 Å². The highest BCUT2D eigenvalue weighted by molar-refractivity contribution is 7.12. The van der Waals surface area contributed by atoms with E-state index in [2.05, 4.69) is 9.97 Å². The van der Waals surface area contributed by atoms with Crippen molar-refractivity contribution >= 4 is 22.9 Å². The molecule has 0 atom stereocenters. The molecule has 86 valence electrons. The molecule has 2 aromatic rings. The molecule has 0 aliphatic rings. The minimum Gasteiger partial charge on any atom is -0.293 e. The minimum absolute atomic E-state index is 0.00992. The molecule has 0 unspecified atom stereocenters. The summed E-state index contributed by atoms with van der Waals surface area (Å²) in [6.45, 7) is 0. The van der Waals surface area contributed by atoms with Gasteiger partial charge < -0.3 is 0 Å². The van der Waals surface area contributed by atoms with E-state index in [1.54, 1.807) is 12.1 Å². The summed E-state index contributed by atoms with van der Waals surface area (Å²) < 4.78 is 0. The van der Waals surface area contributed by atoms with E-state index in [0.29, 0.717) is 4.88 Å². The molecule has 0 aliphatic carbocycles. The number of carbonyl (C=O) groups excluding carboxylic acids is 2. The molecule has 17 heavy (non-hydrogen) atoms. The maximum atomic E-state index is 11.7. The van der Waals surface area contributed by atoms with E-state index in [1.807, 2.05) is 11.4 Å². The lowest BCUT2D eigenvalue weighted by atomic mass is 10.1. The molecule has 0 amide bonds. The van der Waals surface area contributed by atoms with Crippen LogP contribution in [0.15, 0.2) is 36.0 Å². The van der Waals surface area contributed by atoms with Crippen molar-refractivity contribution in [3.63, 3.8) is 0 Å². The largest absolute Gasteiger partial charge is 0.293 e. The van der Waals surface area contributed by atoms with Gasteiger partial charge in [0.1, 0.15) is 0 Å². The van der Waals surface area contributed by atoms with Gasteiger partial charge in [0.05, 0.1) is 4.88 Å². The van der Waals surface area contributed by atoms with Crippen LogP contribution in [0, 0.1) is 0 Å². The van der Waals surface area contributed by atoms with Crippen LogP contribution in [0.2, 0.25) is 0 Å². The molecule has 5 heteroatoms. The molecule has 0 saturated carbocycles. The zero-order valence-corrected chi connectivity index (χ0v) is 9.81. The summed E-state index contributed by atoms with van der Waals surface area (Å²) in [6, 6.07) is 5.23.